The molecule has 4 rings (SSSR count). The van der Waals surface area contributed by atoms with Gasteiger partial charge in [-0.25, -0.2) is 4.98 Å². The first-order valence-corrected chi connectivity index (χ1v) is 11.4. The van der Waals surface area contributed by atoms with Gasteiger partial charge < -0.3 is 10.0 Å². The van der Waals surface area contributed by atoms with Crippen molar-refractivity contribution in [3.63, 3.8) is 0 Å². The number of nitrogens with zero attached hydrogens (tertiary/aromatic N) is 4. The number of hydrogen-bond donors (Lipinski definition) is 1. The summed E-state index contributed by atoms with van der Waals surface area (Å²) >= 11 is 6.09. The second kappa shape index (κ2) is 9.65. The maximum atomic E-state index is 10.4. The first kappa shape index (κ1) is 21.6. The van der Waals surface area contributed by atoms with Gasteiger partial charge in [0, 0.05) is 55.5 Å². The van der Waals surface area contributed by atoms with Crippen molar-refractivity contribution < 1.29 is 5.11 Å². The van der Waals surface area contributed by atoms with E-state index in [1.807, 2.05) is 31.3 Å². The largest absolute Gasteiger partial charge is 0.392 e. The van der Waals surface area contributed by atoms with Gasteiger partial charge in [-0.15, -0.1) is 0 Å². The highest BCUT2D eigenvalue weighted by Gasteiger charge is 2.38. The van der Waals surface area contributed by atoms with Crippen LogP contribution in [0.15, 0.2) is 48.7 Å². The molecule has 2 aliphatic rings. The summed E-state index contributed by atoms with van der Waals surface area (Å²) in [4.78, 5) is 11.9. The van der Waals surface area contributed by atoms with Crippen molar-refractivity contribution in [1.82, 2.24) is 14.8 Å². The van der Waals surface area contributed by atoms with Crippen molar-refractivity contribution in [3.05, 3.63) is 59.2 Å². The monoisotopic (exact) mass is 428 g/mol. The molecular weight excluding hydrogens is 396 g/mol. The SMILES string of the molecule is CC(O)[C@H]1CN(C2CCN(c3ccccn3)CC2)[C@@H](Cc2ccc(Cl)cc2)CN1C. The van der Waals surface area contributed by atoms with Crippen LogP contribution in [-0.4, -0.2) is 77.3 Å². The van der Waals surface area contributed by atoms with E-state index in [-0.39, 0.29) is 12.1 Å². The van der Waals surface area contributed by atoms with Gasteiger partial charge in [0.25, 0.3) is 0 Å². The average Bonchev–Trinajstić information content (AvgIpc) is 2.76. The number of piperazine rings is 1. The van der Waals surface area contributed by atoms with E-state index in [1.54, 1.807) is 0 Å². The summed E-state index contributed by atoms with van der Waals surface area (Å²) in [6.07, 6.45) is 4.81. The van der Waals surface area contributed by atoms with E-state index < -0.39 is 0 Å². The van der Waals surface area contributed by atoms with Crippen molar-refractivity contribution in [2.75, 3.05) is 38.1 Å². The number of aliphatic hydroxyl groups excluding tert-OH is 1. The second-order valence-corrected chi connectivity index (χ2v) is 9.27. The van der Waals surface area contributed by atoms with Crippen LogP contribution in [-0.2, 0) is 6.42 Å². The number of hydrogen-bond acceptors (Lipinski definition) is 5. The molecule has 0 spiro atoms. The standard InChI is InChI=1S/C24H33ClN4O/c1-18(30)23-17-29(21-10-13-28(14-11-21)24-5-3-4-12-26-24)22(16-27(23)2)15-19-6-8-20(25)9-7-19/h3-9,12,18,21-23,30H,10-11,13-17H2,1-2H3/t18?,22-,23+/m0/s1. The van der Waals surface area contributed by atoms with Crippen molar-refractivity contribution in [3.8, 4) is 0 Å². The van der Waals surface area contributed by atoms with Crippen LogP contribution in [0.1, 0.15) is 25.3 Å². The molecule has 1 aromatic heterocycles. The van der Waals surface area contributed by atoms with Crippen LogP contribution in [0.3, 0.4) is 0 Å². The molecule has 0 bridgehead atoms. The fraction of sp³-hybridized carbons (Fsp3) is 0.542. The quantitative estimate of drug-likeness (QED) is 0.791. The molecule has 162 valence electrons. The molecule has 2 aromatic rings. The Morgan fingerprint density at radius 1 is 1.10 bits per heavy atom. The lowest BCUT2D eigenvalue weighted by molar-refractivity contribution is -0.0348. The maximum Gasteiger partial charge on any atom is 0.128 e. The molecule has 2 aliphatic heterocycles. The molecule has 30 heavy (non-hydrogen) atoms. The topological polar surface area (TPSA) is 42.8 Å². The van der Waals surface area contributed by atoms with Crippen molar-refractivity contribution in [1.29, 1.82) is 0 Å². The molecular formula is C24H33ClN4O. The third kappa shape index (κ3) is 4.97. The van der Waals surface area contributed by atoms with Crippen LogP contribution < -0.4 is 4.90 Å². The third-order valence-corrected chi connectivity index (χ3v) is 7.03. The zero-order valence-electron chi connectivity index (χ0n) is 18.0. The highest BCUT2D eigenvalue weighted by atomic mass is 35.5. The Hall–Kier alpha value is -1.66. The first-order chi connectivity index (χ1) is 14.5. The Labute approximate surface area is 185 Å². The minimum Gasteiger partial charge on any atom is -0.392 e. The van der Waals surface area contributed by atoms with E-state index in [9.17, 15) is 5.11 Å². The summed E-state index contributed by atoms with van der Waals surface area (Å²) in [6, 6.07) is 15.5. The molecule has 0 radical (unpaired) electrons. The van der Waals surface area contributed by atoms with E-state index in [0.717, 1.165) is 56.3 Å². The van der Waals surface area contributed by atoms with Crippen LogP contribution in [0, 0.1) is 0 Å². The Morgan fingerprint density at radius 3 is 2.47 bits per heavy atom. The number of piperidine rings is 1. The molecule has 6 heteroatoms. The van der Waals surface area contributed by atoms with Crippen molar-refractivity contribution in [2.45, 2.75) is 50.4 Å². The fourth-order valence-electron chi connectivity index (χ4n) is 5.09. The number of pyridine rings is 1. The van der Waals surface area contributed by atoms with E-state index >= 15 is 0 Å². The van der Waals surface area contributed by atoms with Crippen LogP contribution >= 0.6 is 11.6 Å². The summed E-state index contributed by atoms with van der Waals surface area (Å²) in [5, 5.41) is 11.1. The van der Waals surface area contributed by atoms with Gasteiger partial charge in [-0.2, -0.15) is 0 Å². The number of benzene rings is 1. The molecule has 3 heterocycles. The smallest absolute Gasteiger partial charge is 0.128 e. The summed E-state index contributed by atoms with van der Waals surface area (Å²) in [5.41, 5.74) is 1.32. The van der Waals surface area contributed by atoms with E-state index in [0.29, 0.717) is 12.1 Å². The molecule has 0 saturated carbocycles. The summed E-state index contributed by atoms with van der Waals surface area (Å²) in [7, 11) is 2.15. The summed E-state index contributed by atoms with van der Waals surface area (Å²) in [5.74, 6) is 1.08. The first-order valence-electron chi connectivity index (χ1n) is 11.1. The van der Waals surface area contributed by atoms with Crippen LogP contribution in [0.2, 0.25) is 5.02 Å². The third-order valence-electron chi connectivity index (χ3n) is 6.78. The molecule has 0 amide bonds. The minimum absolute atomic E-state index is 0.181. The van der Waals surface area contributed by atoms with Gasteiger partial charge in [0.05, 0.1) is 6.10 Å². The molecule has 1 unspecified atom stereocenters. The molecule has 1 N–H and O–H groups in total. The van der Waals surface area contributed by atoms with Gasteiger partial charge >= 0.3 is 0 Å². The Morgan fingerprint density at radius 2 is 1.83 bits per heavy atom. The number of likely N-dealkylation sites (N-methyl/N-ethyl adjacent to an activating group) is 1. The fourth-order valence-corrected chi connectivity index (χ4v) is 5.21. The number of aliphatic hydroxyl groups is 1. The average molecular weight is 429 g/mol. The van der Waals surface area contributed by atoms with Gasteiger partial charge in [0.1, 0.15) is 5.82 Å². The van der Waals surface area contributed by atoms with Gasteiger partial charge in [0.15, 0.2) is 0 Å². The van der Waals surface area contributed by atoms with E-state index in [1.165, 1.54) is 5.56 Å². The highest BCUT2D eigenvalue weighted by Crippen LogP contribution is 2.28. The lowest BCUT2D eigenvalue weighted by atomic mass is 9.93. The lowest BCUT2D eigenvalue weighted by Crippen LogP contribution is -2.64. The van der Waals surface area contributed by atoms with Crippen LogP contribution in [0.25, 0.3) is 0 Å². The van der Waals surface area contributed by atoms with Gasteiger partial charge in [-0.1, -0.05) is 29.8 Å². The predicted octanol–water partition coefficient (Wildman–Crippen LogP) is 3.31. The van der Waals surface area contributed by atoms with Crippen molar-refractivity contribution >= 4 is 17.4 Å². The number of aromatic nitrogens is 1. The zero-order chi connectivity index (χ0) is 21.1. The Kier molecular flexibility index (Phi) is 6.94. The molecule has 3 atom stereocenters. The lowest BCUT2D eigenvalue weighted by Gasteiger charge is -2.51. The van der Waals surface area contributed by atoms with Crippen molar-refractivity contribution in [2.24, 2.45) is 0 Å². The summed E-state index contributed by atoms with van der Waals surface area (Å²) in [6.45, 7) is 5.87. The Bertz CT molecular complexity index is 793. The number of halogens is 1. The number of rotatable bonds is 5. The van der Waals surface area contributed by atoms with Gasteiger partial charge in [-0.3, -0.25) is 9.80 Å². The predicted molar refractivity (Wildman–Crippen MR) is 123 cm³/mol. The van der Waals surface area contributed by atoms with Crippen LogP contribution in [0.4, 0.5) is 5.82 Å². The van der Waals surface area contributed by atoms with Crippen LogP contribution in [0.5, 0.6) is 0 Å². The van der Waals surface area contributed by atoms with E-state index in [2.05, 4.69) is 51.0 Å². The normalized spacial score (nSPS) is 25.4. The molecule has 2 saturated heterocycles. The maximum absolute atomic E-state index is 10.4. The van der Waals surface area contributed by atoms with Gasteiger partial charge in [0.2, 0.25) is 0 Å². The van der Waals surface area contributed by atoms with E-state index in [4.69, 9.17) is 11.6 Å². The second-order valence-electron chi connectivity index (χ2n) is 8.83. The van der Waals surface area contributed by atoms with Gasteiger partial charge in [-0.05, 0) is 63.1 Å². The number of anilines is 1. The molecule has 5 nitrogen and oxygen atoms in total. The molecule has 0 aliphatic carbocycles. The molecule has 1 aromatic carbocycles. The molecule has 2 fully saturated rings. The summed E-state index contributed by atoms with van der Waals surface area (Å²) < 4.78 is 0. The zero-order valence-corrected chi connectivity index (χ0v) is 18.7. The highest BCUT2D eigenvalue weighted by molar-refractivity contribution is 6.30. The minimum atomic E-state index is -0.331. The Balaban J connectivity index is 1.47.